The molecule has 1 fully saturated rings. The summed E-state index contributed by atoms with van der Waals surface area (Å²) in [6.45, 7) is 2.35. The van der Waals surface area contributed by atoms with Gasteiger partial charge in [-0.15, -0.1) is 0 Å². The van der Waals surface area contributed by atoms with Crippen LogP contribution in [0.1, 0.15) is 28.8 Å². The van der Waals surface area contributed by atoms with Crippen molar-refractivity contribution in [3.8, 4) is 0 Å². The van der Waals surface area contributed by atoms with Crippen molar-refractivity contribution in [3.63, 3.8) is 0 Å². The van der Waals surface area contributed by atoms with E-state index in [9.17, 15) is 9.59 Å². The molecule has 3 N–H and O–H groups in total. The zero-order valence-electron chi connectivity index (χ0n) is 11.4. The molecule has 1 heterocycles. The molecule has 1 unspecified atom stereocenters. The summed E-state index contributed by atoms with van der Waals surface area (Å²) in [6.07, 6.45) is 2.71. The zero-order chi connectivity index (χ0) is 14.4. The summed E-state index contributed by atoms with van der Waals surface area (Å²) in [6, 6.07) is 6.75. The average molecular weight is 276 g/mol. The van der Waals surface area contributed by atoms with Crippen LogP contribution in [0.5, 0.6) is 0 Å². The number of nitrogens with one attached hydrogen (secondary N) is 2. The second-order valence-corrected chi connectivity index (χ2v) is 5.09. The van der Waals surface area contributed by atoms with Gasteiger partial charge >= 0.3 is 5.97 Å². The van der Waals surface area contributed by atoms with E-state index < -0.39 is 5.97 Å². The van der Waals surface area contributed by atoms with E-state index in [-0.39, 0.29) is 17.4 Å². The van der Waals surface area contributed by atoms with E-state index in [0.717, 1.165) is 31.5 Å². The fourth-order valence-corrected chi connectivity index (χ4v) is 2.36. The molecule has 1 aliphatic heterocycles. The van der Waals surface area contributed by atoms with Gasteiger partial charge in [0.05, 0.1) is 11.5 Å². The van der Waals surface area contributed by atoms with Gasteiger partial charge in [-0.3, -0.25) is 4.79 Å². The van der Waals surface area contributed by atoms with Gasteiger partial charge in [0.15, 0.2) is 0 Å². The highest BCUT2D eigenvalue weighted by Gasteiger charge is 2.20. The van der Waals surface area contributed by atoms with Crippen LogP contribution >= 0.6 is 0 Å². The topological polar surface area (TPSA) is 78.4 Å². The highest BCUT2D eigenvalue weighted by molar-refractivity contribution is 5.87. The molecule has 0 aliphatic carbocycles. The standard InChI is InChI=1S/C15H20N2O3/c18-14(13-2-1-8-16-10-13)17-9-7-11-3-5-12(6-4-11)15(19)20/h3-6,13,16H,1-2,7-10H2,(H,17,18)(H,19,20). The Morgan fingerprint density at radius 1 is 1.30 bits per heavy atom. The number of carbonyl (C=O) groups excluding carboxylic acids is 1. The van der Waals surface area contributed by atoms with Crippen LogP contribution in [-0.4, -0.2) is 36.6 Å². The molecule has 0 aromatic heterocycles. The van der Waals surface area contributed by atoms with Crippen molar-refractivity contribution >= 4 is 11.9 Å². The molecule has 1 aromatic carbocycles. The number of carbonyl (C=O) groups is 2. The van der Waals surface area contributed by atoms with Gasteiger partial charge in [0.1, 0.15) is 0 Å². The Labute approximate surface area is 118 Å². The van der Waals surface area contributed by atoms with Gasteiger partial charge in [0.2, 0.25) is 5.91 Å². The van der Waals surface area contributed by atoms with Crippen molar-refractivity contribution in [2.75, 3.05) is 19.6 Å². The van der Waals surface area contributed by atoms with E-state index in [1.165, 1.54) is 0 Å². The van der Waals surface area contributed by atoms with E-state index in [1.807, 2.05) is 0 Å². The molecule has 108 valence electrons. The third-order valence-corrected chi connectivity index (χ3v) is 3.58. The van der Waals surface area contributed by atoms with Crippen LogP contribution in [0, 0.1) is 5.92 Å². The Kier molecular flexibility index (Phi) is 5.12. The molecule has 0 bridgehead atoms. The Balaban J connectivity index is 1.74. The first-order valence-electron chi connectivity index (χ1n) is 6.97. The van der Waals surface area contributed by atoms with Crippen LogP contribution in [-0.2, 0) is 11.2 Å². The van der Waals surface area contributed by atoms with Crippen molar-refractivity contribution in [1.29, 1.82) is 0 Å². The molecule has 1 atom stereocenters. The molecule has 5 nitrogen and oxygen atoms in total. The van der Waals surface area contributed by atoms with Crippen molar-refractivity contribution in [3.05, 3.63) is 35.4 Å². The number of benzene rings is 1. The Morgan fingerprint density at radius 2 is 2.05 bits per heavy atom. The second-order valence-electron chi connectivity index (χ2n) is 5.09. The summed E-state index contributed by atoms with van der Waals surface area (Å²) in [5.74, 6) is -0.729. The predicted octanol–water partition coefficient (Wildman–Crippen LogP) is 1.04. The zero-order valence-corrected chi connectivity index (χ0v) is 11.4. The van der Waals surface area contributed by atoms with Gasteiger partial charge in [0, 0.05) is 13.1 Å². The highest BCUT2D eigenvalue weighted by Crippen LogP contribution is 2.10. The number of carboxylic acid groups (broad SMARTS) is 1. The monoisotopic (exact) mass is 276 g/mol. The number of carboxylic acids is 1. The van der Waals surface area contributed by atoms with E-state index in [0.29, 0.717) is 13.0 Å². The first kappa shape index (κ1) is 14.5. The molecular formula is C15H20N2O3. The summed E-state index contributed by atoms with van der Waals surface area (Å²) in [7, 11) is 0. The van der Waals surface area contributed by atoms with Gasteiger partial charge in [-0.2, -0.15) is 0 Å². The van der Waals surface area contributed by atoms with Gasteiger partial charge in [-0.05, 0) is 43.5 Å². The van der Waals surface area contributed by atoms with Crippen LogP contribution in [0.3, 0.4) is 0 Å². The average Bonchev–Trinajstić information content (AvgIpc) is 2.48. The lowest BCUT2D eigenvalue weighted by Crippen LogP contribution is -2.41. The van der Waals surface area contributed by atoms with Crippen LogP contribution < -0.4 is 10.6 Å². The first-order valence-corrected chi connectivity index (χ1v) is 6.97. The van der Waals surface area contributed by atoms with Crippen LogP contribution in [0.4, 0.5) is 0 Å². The predicted molar refractivity (Wildman–Crippen MR) is 75.7 cm³/mol. The van der Waals surface area contributed by atoms with Gasteiger partial charge in [-0.1, -0.05) is 12.1 Å². The second kappa shape index (κ2) is 7.05. The molecule has 0 saturated carbocycles. The van der Waals surface area contributed by atoms with Crippen molar-refractivity contribution < 1.29 is 14.7 Å². The highest BCUT2D eigenvalue weighted by atomic mass is 16.4. The van der Waals surface area contributed by atoms with E-state index >= 15 is 0 Å². The van der Waals surface area contributed by atoms with Crippen molar-refractivity contribution in [2.24, 2.45) is 5.92 Å². The minimum atomic E-state index is -0.922. The Hall–Kier alpha value is -1.88. The van der Waals surface area contributed by atoms with Crippen molar-refractivity contribution in [2.45, 2.75) is 19.3 Å². The van der Waals surface area contributed by atoms with Gasteiger partial charge in [-0.25, -0.2) is 4.79 Å². The number of amides is 1. The SMILES string of the molecule is O=C(O)c1ccc(CCNC(=O)C2CCCNC2)cc1. The summed E-state index contributed by atoms with van der Waals surface area (Å²) in [4.78, 5) is 22.6. The minimum Gasteiger partial charge on any atom is -0.478 e. The lowest BCUT2D eigenvalue weighted by Gasteiger charge is -2.21. The van der Waals surface area contributed by atoms with E-state index in [1.54, 1.807) is 24.3 Å². The van der Waals surface area contributed by atoms with Crippen LogP contribution in [0.2, 0.25) is 0 Å². The maximum absolute atomic E-state index is 11.9. The fraction of sp³-hybridized carbons (Fsp3) is 0.467. The lowest BCUT2D eigenvalue weighted by molar-refractivity contribution is -0.125. The van der Waals surface area contributed by atoms with Gasteiger partial charge < -0.3 is 15.7 Å². The molecule has 1 aliphatic rings. The quantitative estimate of drug-likeness (QED) is 0.751. The van der Waals surface area contributed by atoms with Crippen LogP contribution in [0.15, 0.2) is 24.3 Å². The summed E-state index contributed by atoms with van der Waals surface area (Å²) < 4.78 is 0. The minimum absolute atomic E-state index is 0.0816. The third kappa shape index (κ3) is 4.06. The molecule has 2 rings (SSSR count). The smallest absolute Gasteiger partial charge is 0.335 e. The third-order valence-electron chi connectivity index (χ3n) is 3.58. The molecule has 1 amide bonds. The molecule has 5 heteroatoms. The van der Waals surface area contributed by atoms with E-state index in [2.05, 4.69) is 10.6 Å². The van der Waals surface area contributed by atoms with Crippen LogP contribution in [0.25, 0.3) is 0 Å². The normalized spacial score (nSPS) is 18.5. The number of hydrogen-bond donors (Lipinski definition) is 3. The summed E-state index contributed by atoms with van der Waals surface area (Å²) in [5.41, 5.74) is 1.31. The molecule has 0 radical (unpaired) electrons. The molecule has 0 spiro atoms. The molecule has 1 saturated heterocycles. The Morgan fingerprint density at radius 3 is 2.65 bits per heavy atom. The van der Waals surface area contributed by atoms with E-state index in [4.69, 9.17) is 5.11 Å². The molecule has 1 aromatic rings. The lowest BCUT2D eigenvalue weighted by atomic mass is 9.99. The van der Waals surface area contributed by atoms with Gasteiger partial charge in [0.25, 0.3) is 0 Å². The van der Waals surface area contributed by atoms with Crippen molar-refractivity contribution in [1.82, 2.24) is 10.6 Å². The number of piperidine rings is 1. The molecular weight excluding hydrogens is 256 g/mol. The fourth-order valence-electron chi connectivity index (χ4n) is 2.36. The summed E-state index contributed by atoms with van der Waals surface area (Å²) >= 11 is 0. The maximum atomic E-state index is 11.9. The largest absolute Gasteiger partial charge is 0.478 e. The number of aromatic carboxylic acids is 1. The first-order chi connectivity index (χ1) is 9.66. The molecule has 20 heavy (non-hydrogen) atoms. The Bertz CT molecular complexity index is 465. The number of hydrogen-bond acceptors (Lipinski definition) is 3. The maximum Gasteiger partial charge on any atom is 0.335 e. The summed E-state index contributed by atoms with van der Waals surface area (Å²) in [5, 5.41) is 15.0. The number of rotatable bonds is 5.